The number of hydrogen-bond donors (Lipinski definition) is 2. The van der Waals surface area contributed by atoms with E-state index in [2.05, 4.69) is 0 Å². The maximum Gasteiger partial charge on any atom is 0.325 e. The number of benzene rings is 1. The molecule has 1 unspecified atom stereocenters. The van der Waals surface area contributed by atoms with Gasteiger partial charge in [0.1, 0.15) is 11.4 Å². The third-order valence-corrected chi connectivity index (χ3v) is 3.45. The van der Waals surface area contributed by atoms with Gasteiger partial charge in [0.2, 0.25) is 0 Å². The summed E-state index contributed by atoms with van der Waals surface area (Å²) in [7, 11) is 0. The van der Waals surface area contributed by atoms with Gasteiger partial charge < -0.3 is 10.8 Å². The van der Waals surface area contributed by atoms with E-state index in [1.54, 1.807) is 13.0 Å². The number of carbonyl (C=O) groups is 1. The molecule has 4 nitrogen and oxygen atoms in total. The van der Waals surface area contributed by atoms with Crippen molar-refractivity contribution >= 4 is 5.97 Å². The Labute approximate surface area is 105 Å². The molecule has 1 aliphatic heterocycles. The Morgan fingerprint density at radius 1 is 1.61 bits per heavy atom. The third-order valence-electron chi connectivity index (χ3n) is 3.45. The van der Waals surface area contributed by atoms with E-state index < -0.39 is 11.5 Å². The number of carboxylic acids is 1. The van der Waals surface area contributed by atoms with Crippen LogP contribution in [0.25, 0.3) is 0 Å². The average Bonchev–Trinajstić information content (AvgIpc) is 2.67. The molecule has 5 heteroatoms. The van der Waals surface area contributed by atoms with Crippen LogP contribution in [0.4, 0.5) is 4.39 Å². The van der Waals surface area contributed by atoms with Gasteiger partial charge in [-0.15, -0.1) is 0 Å². The summed E-state index contributed by atoms with van der Waals surface area (Å²) in [6.07, 6.45) is 0.427. The molecule has 1 saturated heterocycles. The molecule has 0 bridgehead atoms. The molecule has 0 aliphatic carbocycles. The molecule has 1 aromatic carbocycles. The van der Waals surface area contributed by atoms with E-state index >= 15 is 0 Å². The molecule has 18 heavy (non-hydrogen) atoms. The lowest BCUT2D eigenvalue weighted by Crippen LogP contribution is -2.50. The van der Waals surface area contributed by atoms with Crippen LogP contribution in [0, 0.1) is 12.7 Å². The van der Waals surface area contributed by atoms with Crippen molar-refractivity contribution in [2.24, 2.45) is 5.73 Å². The Bertz CT molecular complexity index is 478. The second kappa shape index (κ2) is 4.66. The Morgan fingerprint density at radius 3 is 2.89 bits per heavy atom. The molecular weight excluding hydrogens is 235 g/mol. The van der Waals surface area contributed by atoms with Gasteiger partial charge in [-0.25, -0.2) is 4.39 Å². The number of nitrogens with zero attached hydrogens (tertiary/aromatic N) is 1. The summed E-state index contributed by atoms with van der Waals surface area (Å²) >= 11 is 0. The van der Waals surface area contributed by atoms with Crippen molar-refractivity contribution in [3.8, 4) is 0 Å². The molecule has 0 spiro atoms. The first kappa shape index (κ1) is 13.0. The zero-order valence-electron chi connectivity index (χ0n) is 10.3. The number of nitrogens with two attached hydrogens (primary N) is 1. The Balaban J connectivity index is 2.03. The Hall–Kier alpha value is -1.46. The minimum Gasteiger partial charge on any atom is -0.480 e. The lowest BCUT2D eigenvalue weighted by atomic mass is 10.0. The zero-order chi connectivity index (χ0) is 13.3. The molecule has 3 N–H and O–H groups in total. The smallest absolute Gasteiger partial charge is 0.325 e. The largest absolute Gasteiger partial charge is 0.480 e. The number of aryl methyl sites for hydroxylation is 1. The third kappa shape index (κ3) is 2.52. The number of carboxylic acid groups (broad SMARTS) is 1. The standard InChI is InChI=1S/C13H17FN2O2/c1-9-2-3-10(6-11(9)14)7-16-5-4-13(15,8-16)12(17)18/h2-3,6H,4-5,7-8,15H2,1H3,(H,17,18). The van der Waals surface area contributed by atoms with Gasteiger partial charge >= 0.3 is 5.97 Å². The number of halogens is 1. The minimum atomic E-state index is -1.16. The molecule has 1 atom stereocenters. The molecular formula is C13H17FN2O2. The maximum absolute atomic E-state index is 13.4. The van der Waals surface area contributed by atoms with E-state index in [4.69, 9.17) is 10.8 Å². The molecule has 1 heterocycles. The van der Waals surface area contributed by atoms with Crippen molar-refractivity contribution in [3.05, 3.63) is 35.1 Å². The molecule has 1 fully saturated rings. The number of likely N-dealkylation sites (tertiary alicyclic amines) is 1. The van der Waals surface area contributed by atoms with Crippen molar-refractivity contribution in [2.45, 2.75) is 25.4 Å². The first-order valence-corrected chi connectivity index (χ1v) is 5.90. The number of rotatable bonds is 3. The summed E-state index contributed by atoms with van der Waals surface area (Å²) in [4.78, 5) is 13.0. The molecule has 98 valence electrons. The highest BCUT2D eigenvalue weighted by molar-refractivity contribution is 5.79. The van der Waals surface area contributed by atoms with Crippen LogP contribution in [-0.2, 0) is 11.3 Å². The Morgan fingerprint density at radius 2 is 2.33 bits per heavy atom. The lowest BCUT2D eigenvalue weighted by Gasteiger charge is -2.20. The zero-order valence-corrected chi connectivity index (χ0v) is 10.3. The lowest BCUT2D eigenvalue weighted by molar-refractivity contribution is -0.142. The van der Waals surface area contributed by atoms with Gasteiger partial charge in [-0.2, -0.15) is 0 Å². The van der Waals surface area contributed by atoms with Crippen LogP contribution in [0.15, 0.2) is 18.2 Å². The Kier molecular flexibility index (Phi) is 3.36. The van der Waals surface area contributed by atoms with Crippen LogP contribution in [0.2, 0.25) is 0 Å². The molecule has 0 amide bonds. The second-order valence-electron chi connectivity index (χ2n) is 5.01. The van der Waals surface area contributed by atoms with Crippen molar-refractivity contribution in [1.29, 1.82) is 0 Å². The topological polar surface area (TPSA) is 66.6 Å². The van der Waals surface area contributed by atoms with Crippen LogP contribution in [0.1, 0.15) is 17.5 Å². The van der Waals surface area contributed by atoms with Crippen LogP contribution in [0.5, 0.6) is 0 Å². The highest BCUT2D eigenvalue weighted by atomic mass is 19.1. The van der Waals surface area contributed by atoms with Gasteiger partial charge in [0.15, 0.2) is 0 Å². The van der Waals surface area contributed by atoms with Gasteiger partial charge in [-0.05, 0) is 30.5 Å². The van der Waals surface area contributed by atoms with Crippen molar-refractivity contribution in [3.63, 3.8) is 0 Å². The highest BCUT2D eigenvalue weighted by Crippen LogP contribution is 2.21. The predicted octanol–water partition coefficient (Wildman–Crippen LogP) is 1.12. The van der Waals surface area contributed by atoms with Gasteiger partial charge in [0.05, 0.1) is 0 Å². The van der Waals surface area contributed by atoms with Gasteiger partial charge in [0, 0.05) is 19.6 Å². The van der Waals surface area contributed by atoms with Crippen LogP contribution in [0.3, 0.4) is 0 Å². The van der Waals surface area contributed by atoms with Crippen LogP contribution in [-0.4, -0.2) is 34.6 Å². The fourth-order valence-electron chi connectivity index (χ4n) is 2.22. The van der Waals surface area contributed by atoms with Gasteiger partial charge in [-0.1, -0.05) is 12.1 Å². The molecule has 0 saturated carbocycles. The number of hydrogen-bond acceptors (Lipinski definition) is 3. The number of aliphatic carboxylic acids is 1. The van der Waals surface area contributed by atoms with E-state index in [0.717, 1.165) is 5.56 Å². The SMILES string of the molecule is Cc1ccc(CN2CCC(N)(C(=O)O)C2)cc1F. The fourth-order valence-corrected chi connectivity index (χ4v) is 2.22. The first-order valence-electron chi connectivity index (χ1n) is 5.90. The van der Waals surface area contributed by atoms with Crippen molar-refractivity contribution < 1.29 is 14.3 Å². The maximum atomic E-state index is 13.4. The molecule has 1 aliphatic rings. The molecule has 1 aromatic rings. The normalized spacial score (nSPS) is 24.4. The summed E-state index contributed by atoms with van der Waals surface area (Å²) in [6.45, 7) is 3.17. The van der Waals surface area contributed by atoms with E-state index in [1.807, 2.05) is 11.0 Å². The summed E-state index contributed by atoms with van der Waals surface area (Å²) in [5.74, 6) is -1.20. The van der Waals surface area contributed by atoms with Crippen molar-refractivity contribution in [1.82, 2.24) is 4.90 Å². The van der Waals surface area contributed by atoms with Crippen LogP contribution >= 0.6 is 0 Å². The quantitative estimate of drug-likeness (QED) is 0.846. The first-order chi connectivity index (χ1) is 8.40. The molecule has 0 aromatic heterocycles. The minimum absolute atomic E-state index is 0.232. The molecule has 2 rings (SSSR count). The molecule has 0 radical (unpaired) electrons. The van der Waals surface area contributed by atoms with E-state index in [0.29, 0.717) is 31.6 Å². The van der Waals surface area contributed by atoms with Crippen molar-refractivity contribution in [2.75, 3.05) is 13.1 Å². The van der Waals surface area contributed by atoms with E-state index in [-0.39, 0.29) is 5.82 Å². The summed E-state index contributed by atoms with van der Waals surface area (Å²) in [5, 5.41) is 9.03. The van der Waals surface area contributed by atoms with Gasteiger partial charge in [-0.3, -0.25) is 9.69 Å². The van der Waals surface area contributed by atoms with Crippen LogP contribution < -0.4 is 5.73 Å². The highest BCUT2D eigenvalue weighted by Gasteiger charge is 2.40. The van der Waals surface area contributed by atoms with E-state index in [9.17, 15) is 9.18 Å². The second-order valence-corrected chi connectivity index (χ2v) is 5.01. The fraction of sp³-hybridized carbons (Fsp3) is 0.462. The average molecular weight is 252 g/mol. The summed E-state index contributed by atoms with van der Waals surface area (Å²) < 4.78 is 13.4. The predicted molar refractivity (Wildman–Crippen MR) is 65.6 cm³/mol. The summed E-state index contributed by atoms with van der Waals surface area (Å²) in [5.41, 5.74) is 6.07. The van der Waals surface area contributed by atoms with E-state index in [1.165, 1.54) is 6.07 Å². The van der Waals surface area contributed by atoms with Gasteiger partial charge in [0.25, 0.3) is 0 Å². The monoisotopic (exact) mass is 252 g/mol. The summed E-state index contributed by atoms with van der Waals surface area (Å²) in [6, 6.07) is 5.08.